The van der Waals surface area contributed by atoms with Gasteiger partial charge in [0.25, 0.3) is 5.91 Å². The molecule has 2 atom stereocenters. The number of phenols is 1. The number of halogens is 1. The van der Waals surface area contributed by atoms with Gasteiger partial charge in [0.2, 0.25) is 0 Å². The van der Waals surface area contributed by atoms with Gasteiger partial charge in [-0.3, -0.25) is 4.79 Å². The van der Waals surface area contributed by atoms with Gasteiger partial charge in [-0.2, -0.15) is 0 Å². The summed E-state index contributed by atoms with van der Waals surface area (Å²) in [5.41, 5.74) is 5.67. The van der Waals surface area contributed by atoms with Crippen molar-refractivity contribution in [3.05, 3.63) is 29.6 Å². The zero-order chi connectivity index (χ0) is 13.8. The fraction of sp³-hybridized carbons (Fsp3) is 0.500. The lowest BCUT2D eigenvalue weighted by Crippen LogP contribution is -2.44. The predicted molar refractivity (Wildman–Crippen MR) is 70.3 cm³/mol. The number of hydrogen-bond acceptors (Lipinski definition) is 3. The van der Waals surface area contributed by atoms with Gasteiger partial charge in [0.05, 0.1) is 5.56 Å². The van der Waals surface area contributed by atoms with E-state index in [0.717, 1.165) is 37.8 Å². The highest BCUT2D eigenvalue weighted by molar-refractivity contribution is 5.97. The van der Waals surface area contributed by atoms with Gasteiger partial charge >= 0.3 is 0 Å². The van der Waals surface area contributed by atoms with Crippen LogP contribution in [-0.4, -0.2) is 23.6 Å². The van der Waals surface area contributed by atoms with Crippen molar-refractivity contribution >= 4 is 5.91 Å². The van der Waals surface area contributed by atoms with Crippen molar-refractivity contribution in [1.29, 1.82) is 0 Å². The lowest BCUT2D eigenvalue weighted by atomic mass is 9.84. The van der Waals surface area contributed by atoms with Crippen molar-refractivity contribution in [2.45, 2.75) is 31.7 Å². The van der Waals surface area contributed by atoms with Crippen LogP contribution < -0.4 is 11.1 Å². The second-order valence-corrected chi connectivity index (χ2v) is 5.02. The summed E-state index contributed by atoms with van der Waals surface area (Å²) < 4.78 is 13.1. The van der Waals surface area contributed by atoms with E-state index in [-0.39, 0.29) is 23.3 Å². The molecule has 1 amide bonds. The summed E-state index contributed by atoms with van der Waals surface area (Å²) in [7, 11) is 0. The van der Waals surface area contributed by atoms with Crippen LogP contribution in [0.1, 0.15) is 36.0 Å². The minimum atomic E-state index is -0.540. The Morgan fingerprint density at radius 3 is 2.89 bits per heavy atom. The number of amides is 1. The molecule has 104 valence electrons. The number of carbonyl (C=O) groups excluding carboxylic acids is 1. The van der Waals surface area contributed by atoms with E-state index in [2.05, 4.69) is 5.32 Å². The number of hydrogen-bond donors (Lipinski definition) is 3. The van der Waals surface area contributed by atoms with Crippen LogP contribution in [0.3, 0.4) is 0 Å². The highest BCUT2D eigenvalue weighted by Gasteiger charge is 2.26. The Labute approximate surface area is 111 Å². The molecule has 0 saturated heterocycles. The first-order chi connectivity index (χ1) is 9.11. The van der Waals surface area contributed by atoms with Gasteiger partial charge in [0.1, 0.15) is 11.6 Å². The molecule has 2 unspecified atom stereocenters. The van der Waals surface area contributed by atoms with Crippen molar-refractivity contribution < 1.29 is 14.3 Å². The highest BCUT2D eigenvalue weighted by Crippen LogP contribution is 2.25. The minimum absolute atomic E-state index is 0.00826. The van der Waals surface area contributed by atoms with E-state index in [4.69, 9.17) is 5.73 Å². The number of nitrogens with one attached hydrogen (secondary N) is 1. The topological polar surface area (TPSA) is 75.3 Å². The van der Waals surface area contributed by atoms with Crippen LogP contribution in [0.15, 0.2) is 18.2 Å². The van der Waals surface area contributed by atoms with Gasteiger partial charge in [-0.15, -0.1) is 0 Å². The quantitative estimate of drug-likeness (QED) is 0.780. The van der Waals surface area contributed by atoms with E-state index in [1.165, 1.54) is 6.07 Å². The zero-order valence-electron chi connectivity index (χ0n) is 10.7. The molecule has 0 aliphatic heterocycles. The molecular weight excluding hydrogens is 247 g/mol. The third kappa shape index (κ3) is 3.23. The fourth-order valence-corrected chi connectivity index (χ4v) is 2.62. The van der Waals surface area contributed by atoms with Crippen LogP contribution in [0.25, 0.3) is 0 Å². The molecule has 0 heterocycles. The second-order valence-electron chi connectivity index (χ2n) is 5.02. The summed E-state index contributed by atoms with van der Waals surface area (Å²) in [6.07, 6.45) is 4.05. The number of rotatable bonds is 3. The number of aromatic hydroxyl groups is 1. The van der Waals surface area contributed by atoms with Crippen molar-refractivity contribution in [3.63, 3.8) is 0 Å². The van der Waals surface area contributed by atoms with E-state index in [0.29, 0.717) is 6.54 Å². The molecule has 2 rings (SSSR count). The molecule has 0 spiro atoms. The molecule has 4 N–H and O–H groups in total. The van der Waals surface area contributed by atoms with Gasteiger partial charge in [-0.1, -0.05) is 12.8 Å². The maximum Gasteiger partial charge on any atom is 0.255 e. The van der Waals surface area contributed by atoms with Crippen LogP contribution in [-0.2, 0) is 0 Å². The monoisotopic (exact) mass is 266 g/mol. The Morgan fingerprint density at radius 1 is 1.42 bits per heavy atom. The highest BCUT2D eigenvalue weighted by atomic mass is 19.1. The Kier molecular flexibility index (Phi) is 4.37. The first kappa shape index (κ1) is 13.8. The van der Waals surface area contributed by atoms with Gasteiger partial charge < -0.3 is 16.2 Å². The minimum Gasteiger partial charge on any atom is -0.507 e. The number of phenolic OH excluding ortho intramolecular Hbond substituents is 1. The van der Waals surface area contributed by atoms with E-state index >= 15 is 0 Å². The molecule has 1 aliphatic rings. The van der Waals surface area contributed by atoms with Gasteiger partial charge in [0, 0.05) is 6.04 Å². The predicted octanol–water partition coefficient (Wildman–Crippen LogP) is 1.78. The van der Waals surface area contributed by atoms with E-state index in [1.54, 1.807) is 0 Å². The smallest absolute Gasteiger partial charge is 0.255 e. The molecule has 1 fully saturated rings. The third-order valence-electron chi connectivity index (χ3n) is 3.73. The standard InChI is InChI=1S/C14H19FN2O2/c15-10-5-6-13(18)11(7-10)14(19)17-12-4-2-1-3-9(12)8-16/h5-7,9,12,18H,1-4,8,16H2,(H,17,19). The molecule has 1 aromatic carbocycles. The maximum atomic E-state index is 13.1. The first-order valence-electron chi connectivity index (χ1n) is 6.61. The van der Waals surface area contributed by atoms with Gasteiger partial charge in [0.15, 0.2) is 0 Å². The second kappa shape index (κ2) is 6.02. The average molecular weight is 266 g/mol. The van der Waals surface area contributed by atoms with Crippen LogP contribution in [0, 0.1) is 11.7 Å². The molecular formula is C14H19FN2O2. The fourth-order valence-electron chi connectivity index (χ4n) is 2.62. The Bertz CT molecular complexity index is 465. The molecule has 5 heteroatoms. The molecule has 19 heavy (non-hydrogen) atoms. The molecule has 1 aliphatic carbocycles. The van der Waals surface area contributed by atoms with Crippen LogP contribution in [0.5, 0.6) is 5.75 Å². The first-order valence-corrected chi connectivity index (χ1v) is 6.61. The van der Waals surface area contributed by atoms with Crippen LogP contribution in [0.2, 0.25) is 0 Å². The maximum absolute atomic E-state index is 13.1. The van der Waals surface area contributed by atoms with Crippen molar-refractivity contribution in [3.8, 4) is 5.75 Å². The van der Waals surface area contributed by atoms with Crippen molar-refractivity contribution in [2.75, 3.05) is 6.54 Å². The normalized spacial score (nSPS) is 23.1. The Balaban J connectivity index is 2.09. The summed E-state index contributed by atoms with van der Waals surface area (Å²) in [6, 6.07) is 3.36. The number of nitrogens with two attached hydrogens (primary N) is 1. The summed E-state index contributed by atoms with van der Waals surface area (Å²) >= 11 is 0. The largest absolute Gasteiger partial charge is 0.507 e. The summed E-state index contributed by atoms with van der Waals surface area (Å²) in [4.78, 5) is 12.1. The van der Waals surface area contributed by atoms with Crippen LogP contribution in [0.4, 0.5) is 4.39 Å². The van der Waals surface area contributed by atoms with Crippen molar-refractivity contribution in [1.82, 2.24) is 5.32 Å². The third-order valence-corrected chi connectivity index (χ3v) is 3.73. The molecule has 1 aromatic rings. The summed E-state index contributed by atoms with van der Waals surface area (Å²) in [6.45, 7) is 0.528. The van der Waals surface area contributed by atoms with Crippen molar-refractivity contribution in [2.24, 2.45) is 11.7 Å². The van der Waals surface area contributed by atoms with E-state index < -0.39 is 11.7 Å². The lowest BCUT2D eigenvalue weighted by Gasteiger charge is -2.31. The zero-order valence-corrected chi connectivity index (χ0v) is 10.7. The Hall–Kier alpha value is -1.62. The summed E-state index contributed by atoms with van der Waals surface area (Å²) in [5.74, 6) is -0.934. The average Bonchev–Trinajstić information content (AvgIpc) is 2.42. The Morgan fingerprint density at radius 2 is 2.16 bits per heavy atom. The van der Waals surface area contributed by atoms with Crippen LogP contribution >= 0.6 is 0 Å². The lowest BCUT2D eigenvalue weighted by molar-refractivity contribution is 0.0905. The molecule has 0 aromatic heterocycles. The molecule has 0 bridgehead atoms. The number of carbonyl (C=O) groups is 1. The summed E-state index contributed by atoms with van der Waals surface area (Å²) in [5, 5.41) is 12.5. The molecule has 4 nitrogen and oxygen atoms in total. The van der Waals surface area contributed by atoms with Gasteiger partial charge in [-0.25, -0.2) is 4.39 Å². The molecule has 1 saturated carbocycles. The van der Waals surface area contributed by atoms with E-state index in [9.17, 15) is 14.3 Å². The van der Waals surface area contributed by atoms with Gasteiger partial charge in [-0.05, 0) is 43.5 Å². The number of benzene rings is 1. The van der Waals surface area contributed by atoms with E-state index in [1.807, 2.05) is 0 Å². The SMILES string of the molecule is NCC1CCCCC1NC(=O)c1cc(F)ccc1O. The molecule has 0 radical (unpaired) electrons.